The van der Waals surface area contributed by atoms with E-state index >= 15 is 4.79 Å². The summed E-state index contributed by atoms with van der Waals surface area (Å²) in [6.07, 6.45) is -37.4. The molecule has 0 amide bonds. The second-order valence-corrected chi connectivity index (χ2v) is 30.8. The van der Waals surface area contributed by atoms with Crippen LogP contribution in [0.3, 0.4) is 0 Å². The first-order chi connectivity index (χ1) is 44.1. The van der Waals surface area contributed by atoms with E-state index in [1.165, 1.54) is 13.8 Å². The highest BCUT2D eigenvalue weighted by Gasteiger charge is 2.71. The molecule has 5 aliphatic carbocycles. The summed E-state index contributed by atoms with van der Waals surface area (Å²) in [5.41, 5.74) is -2.22. The Bertz CT molecular complexity index is 2640. The molecule has 0 radical (unpaired) electrons. The van der Waals surface area contributed by atoms with Crippen LogP contribution in [-0.4, -0.2) is 304 Å². The maximum atomic E-state index is 15.3. The van der Waals surface area contributed by atoms with E-state index in [1.807, 2.05) is 6.92 Å². The Morgan fingerprint density at radius 2 is 1.09 bits per heavy atom. The van der Waals surface area contributed by atoms with Crippen LogP contribution < -0.4 is 0 Å². The minimum Gasteiger partial charge on any atom is -0.432 e. The molecule has 11 aliphatic rings. The number of hydrogen-bond acceptors (Lipinski definition) is 30. The van der Waals surface area contributed by atoms with Crippen molar-refractivity contribution in [2.45, 2.75) is 298 Å². The third-order valence-corrected chi connectivity index (χ3v) is 24.9. The first-order valence-electron chi connectivity index (χ1n) is 33.5. The van der Waals surface area contributed by atoms with Crippen molar-refractivity contribution in [1.29, 1.82) is 0 Å². The third-order valence-electron chi connectivity index (χ3n) is 24.9. The number of aliphatic hydroxyl groups is 17. The minimum absolute atomic E-state index is 0.0747. The van der Waals surface area contributed by atoms with Crippen LogP contribution in [-0.2, 0) is 61.6 Å². The standard InChI is InChI=1S/C64H104O30/c1-25-36(69)41(74)45(78)54(86-25)91-49-31(20-65)88-52(47(80)43(49)76)85-23-32-40(73)42(75)46(79)55(89-32)94-58(82)64-17-15-59(3,4)19-28(64)27-9-10-34-60(5)13-12-35(61(6,24-66)33(60)11-14-63(34,8)62(27,7)16-18-64)90-57-51(39(72)30(68)22-84-57)93-56-48(81)50(37(70)26(2)87-56)92-53-44(77)38(71)29(67)21-83-53/h9,25-26,28-57,65-81H,10-24H2,1-8H3/t25-,26-,28-,29+,30-,31+,32+,33+,34+,35-,36-,37-,38-,39-,40+,41+,42-,43+,44+,45+,46+,47+,48+,49+,50+,51+,52+,53-,54-,55-,56-,57-,60-,61-,62+,63+,64-/m0/s1. The van der Waals surface area contributed by atoms with Crippen LogP contribution in [0.25, 0.3) is 0 Å². The van der Waals surface area contributed by atoms with Gasteiger partial charge in [0.15, 0.2) is 31.5 Å². The number of hydrogen-bond donors (Lipinski definition) is 17. The van der Waals surface area contributed by atoms with Crippen LogP contribution in [0.5, 0.6) is 0 Å². The molecule has 4 saturated carbocycles. The lowest BCUT2D eigenvalue weighted by Gasteiger charge is -2.71. The van der Waals surface area contributed by atoms with E-state index in [4.69, 9.17) is 56.8 Å². The minimum atomic E-state index is -1.92. The molecule has 6 saturated heterocycles. The van der Waals surface area contributed by atoms with Crippen LogP contribution >= 0.6 is 0 Å². The van der Waals surface area contributed by atoms with E-state index in [9.17, 15) is 86.8 Å². The van der Waals surface area contributed by atoms with E-state index in [1.54, 1.807) is 0 Å². The van der Waals surface area contributed by atoms with E-state index in [0.29, 0.717) is 57.8 Å². The van der Waals surface area contributed by atoms with Crippen LogP contribution in [0, 0.1) is 50.2 Å². The van der Waals surface area contributed by atoms with Crippen molar-refractivity contribution in [2.75, 3.05) is 33.0 Å². The molecule has 0 aromatic rings. The Balaban J connectivity index is 0.771. The smallest absolute Gasteiger partial charge is 0.315 e. The monoisotopic (exact) mass is 1350 g/mol. The predicted octanol–water partition coefficient (Wildman–Crippen LogP) is -4.08. The normalized spacial score (nSPS) is 55.3. The number of fused-ring (bicyclic) bond motifs is 7. The lowest BCUT2D eigenvalue weighted by Crippen LogP contribution is -2.67. The van der Waals surface area contributed by atoms with Gasteiger partial charge in [0, 0.05) is 5.41 Å². The van der Waals surface area contributed by atoms with Gasteiger partial charge in [0.25, 0.3) is 0 Å². The number of aliphatic hydroxyl groups excluding tert-OH is 17. The Morgan fingerprint density at radius 3 is 1.77 bits per heavy atom. The van der Waals surface area contributed by atoms with Crippen LogP contribution in [0.15, 0.2) is 11.6 Å². The second-order valence-electron chi connectivity index (χ2n) is 30.8. The van der Waals surface area contributed by atoms with Gasteiger partial charge in [0.2, 0.25) is 6.29 Å². The fourth-order valence-corrected chi connectivity index (χ4v) is 18.7. The summed E-state index contributed by atoms with van der Waals surface area (Å²) in [7, 11) is 0. The molecule has 11 rings (SSSR count). The van der Waals surface area contributed by atoms with Gasteiger partial charge in [-0.05, 0) is 117 Å². The first-order valence-corrected chi connectivity index (χ1v) is 33.5. The lowest BCUT2D eigenvalue weighted by molar-refractivity contribution is -0.379. The van der Waals surface area contributed by atoms with E-state index in [2.05, 4.69) is 40.7 Å². The molecule has 37 atom stereocenters. The van der Waals surface area contributed by atoms with Crippen molar-refractivity contribution < 1.29 is 148 Å². The Labute approximate surface area is 545 Å². The predicted molar refractivity (Wildman–Crippen MR) is 315 cm³/mol. The maximum absolute atomic E-state index is 15.3. The maximum Gasteiger partial charge on any atom is 0.315 e. The summed E-state index contributed by atoms with van der Waals surface area (Å²) in [4.78, 5) is 15.3. The highest BCUT2D eigenvalue weighted by molar-refractivity contribution is 5.79. The molecule has 10 fully saturated rings. The van der Waals surface area contributed by atoms with Crippen molar-refractivity contribution in [3.05, 3.63) is 11.6 Å². The molecule has 6 heterocycles. The van der Waals surface area contributed by atoms with E-state index in [-0.39, 0.29) is 47.2 Å². The molecule has 540 valence electrons. The van der Waals surface area contributed by atoms with Crippen LogP contribution in [0.4, 0.5) is 0 Å². The number of ether oxygens (including phenoxy) is 12. The van der Waals surface area contributed by atoms with E-state index in [0.717, 1.165) is 12.0 Å². The highest BCUT2D eigenvalue weighted by Crippen LogP contribution is 2.76. The largest absolute Gasteiger partial charge is 0.432 e. The molecule has 0 spiro atoms. The molecular weight excluding hydrogens is 1250 g/mol. The van der Waals surface area contributed by atoms with Crippen molar-refractivity contribution >= 4 is 5.97 Å². The summed E-state index contributed by atoms with van der Waals surface area (Å²) >= 11 is 0. The zero-order valence-electron chi connectivity index (χ0n) is 54.6. The molecule has 6 aliphatic heterocycles. The lowest BCUT2D eigenvalue weighted by atomic mass is 9.33. The quantitative estimate of drug-likeness (QED) is 0.0421. The van der Waals surface area contributed by atoms with Gasteiger partial charge < -0.3 is 144 Å². The molecule has 94 heavy (non-hydrogen) atoms. The van der Waals surface area contributed by atoms with Crippen molar-refractivity contribution in [3.8, 4) is 0 Å². The average Bonchev–Trinajstić information content (AvgIpc) is 0.676. The Hall–Kier alpha value is -1.91. The number of esters is 1. The molecular formula is C64H104O30. The molecule has 30 heteroatoms. The van der Waals surface area contributed by atoms with Gasteiger partial charge >= 0.3 is 5.97 Å². The number of rotatable bonds is 15. The number of allylic oxidation sites excluding steroid dienone is 2. The van der Waals surface area contributed by atoms with Gasteiger partial charge in [-0.2, -0.15) is 0 Å². The molecule has 0 unspecified atom stereocenters. The van der Waals surface area contributed by atoms with Gasteiger partial charge in [-0.1, -0.05) is 53.2 Å². The fourth-order valence-electron chi connectivity index (χ4n) is 18.7. The Morgan fingerprint density at radius 1 is 0.511 bits per heavy atom. The van der Waals surface area contributed by atoms with Gasteiger partial charge in [-0.3, -0.25) is 4.79 Å². The summed E-state index contributed by atoms with van der Waals surface area (Å²) in [5.74, 6) is -1.01. The zero-order chi connectivity index (χ0) is 68.4. The van der Waals surface area contributed by atoms with Crippen molar-refractivity contribution in [1.82, 2.24) is 0 Å². The van der Waals surface area contributed by atoms with Gasteiger partial charge in [0.1, 0.15) is 122 Å². The Kier molecular flexibility index (Phi) is 21.4. The van der Waals surface area contributed by atoms with Crippen molar-refractivity contribution in [2.24, 2.45) is 50.2 Å². The molecule has 0 aromatic heterocycles. The molecule has 30 nitrogen and oxygen atoms in total. The van der Waals surface area contributed by atoms with Crippen LogP contribution in [0.2, 0.25) is 0 Å². The fraction of sp³-hybridized carbons (Fsp3) is 0.953. The zero-order valence-corrected chi connectivity index (χ0v) is 54.6. The van der Waals surface area contributed by atoms with Gasteiger partial charge in [-0.25, -0.2) is 0 Å². The topological polar surface area (TPSA) is 472 Å². The number of carbonyl (C=O) groups excluding carboxylic acids is 1. The summed E-state index contributed by atoms with van der Waals surface area (Å²) in [5, 5.41) is 185. The molecule has 0 bridgehead atoms. The second kappa shape index (κ2) is 27.5. The SMILES string of the molecule is C[C@@H]1O[C@@H](O[C@H]2[C@H](O)[C@@H](O)[C@H](OC[C@H]3O[C@@H](OC(=O)[C@]45CCC(C)(C)C[C@H]4C4=CC[C@@H]6[C@@]7(C)CC[C@H](O[C@@H]8OC[C@H](O)[C@H](O)[C@H]8O[C@@H]8O[C@@H](C)[C@H](O)[C@@H](O[C@@H]9OC[C@@H](O)[C@H](O)[C@H]9O)[C@H]8O)[C@@](C)(CO)[C@@H]7CC[C@@]6(C)[C@]4(C)CC5)[C@H](O)[C@@H](O)[C@@H]3O)O[C@@H]2CO)[C@H](O)[C@H](O)[C@H]1O. The summed E-state index contributed by atoms with van der Waals surface area (Å²) in [6, 6.07) is 0. The number of carbonyl (C=O) groups is 1. The first kappa shape index (κ1) is 73.3. The summed E-state index contributed by atoms with van der Waals surface area (Å²) < 4.78 is 71.3. The summed E-state index contributed by atoms with van der Waals surface area (Å²) in [6.45, 7) is 13.7. The molecule has 0 aromatic carbocycles. The third kappa shape index (κ3) is 12.5. The van der Waals surface area contributed by atoms with Gasteiger partial charge in [-0.15, -0.1) is 0 Å². The van der Waals surface area contributed by atoms with Gasteiger partial charge in [0.05, 0.1) is 56.8 Å². The average molecular weight is 1350 g/mol. The molecule has 17 N–H and O–H groups in total. The van der Waals surface area contributed by atoms with E-state index < -0.39 is 220 Å². The highest BCUT2D eigenvalue weighted by atomic mass is 16.8. The van der Waals surface area contributed by atoms with Crippen LogP contribution in [0.1, 0.15) is 120 Å². The van der Waals surface area contributed by atoms with Crippen molar-refractivity contribution in [3.63, 3.8) is 0 Å².